The summed E-state index contributed by atoms with van der Waals surface area (Å²) in [5, 5.41) is 1.53. The second-order valence-corrected chi connectivity index (χ2v) is 18.0. The number of methoxy groups -OCH3 is 1. The van der Waals surface area contributed by atoms with Crippen LogP contribution in [-0.4, -0.2) is 54.1 Å². The predicted molar refractivity (Wildman–Crippen MR) is 155 cm³/mol. The summed E-state index contributed by atoms with van der Waals surface area (Å²) in [6.07, 6.45) is 1.68. The summed E-state index contributed by atoms with van der Waals surface area (Å²) >= 11 is 9.99. The maximum atomic E-state index is 13.8. The van der Waals surface area contributed by atoms with Gasteiger partial charge in [-0.2, -0.15) is 9.98 Å². The van der Waals surface area contributed by atoms with Crippen LogP contribution in [0.25, 0.3) is 0 Å². The number of nitrogens with zero attached hydrogens (tertiary/aromatic N) is 3. The maximum Gasteiger partial charge on any atom is 0.258 e. The van der Waals surface area contributed by atoms with E-state index in [1.165, 1.54) is 6.07 Å². The Morgan fingerprint density at radius 2 is 1.86 bits per heavy atom. The van der Waals surface area contributed by atoms with Crippen LogP contribution < -0.4 is 9.26 Å². The Balaban J connectivity index is 2.13. The molecule has 1 aliphatic rings. The van der Waals surface area contributed by atoms with E-state index in [1.54, 1.807) is 18.2 Å². The highest BCUT2D eigenvalue weighted by Crippen LogP contribution is 2.45. The molecule has 0 aliphatic carbocycles. The number of nitrogens with one attached hydrogen (secondary N) is 1. The Hall–Kier alpha value is -1.56. The Bertz CT molecular complexity index is 1290. The first kappa shape index (κ1) is 30.0. The smallest absolute Gasteiger partial charge is 0.258 e. The summed E-state index contributed by atoms with van der Waals surface area (Å²) in [5.41, 5.74) is 0.917. The number of ether oxygens (including phenoxy) is 1. The number of aliphatic imine (C=N–C) groups is 2. The summed E-state index contributed by atoms with van der Waals surface area (Å²) in [5.74, 6) is 0.101. The lowest BCUT2D eigenvalue weighted by Crippen LogP contribution is -2.47. The second kappa shape index (κ2) is 12.1. The van der Waals surface area contributed by atoms with E-state index >= 15 is 0 Å². The van der Waals surface area contributed by atoms with Crippen molar-refractivity contribution < 1.29 is 17.6 Å². The van der Waals surface area contributed by atoms with Gasteiger partial charge in [-0.05, 0) is 71.2 Å². The van der Waals surface area contributed by atoms with Crippen molar-refractivity contribution in [1.29, 1.82) is 0 Å². The molecule has 0 bridgehead atoms. The zero-order valence-electron chi connectivity index (χ0n) is 22.0. The minimum Gasteiger partial charge on any atom is -0.541 e. The molecule has 0 spiro atoms. The van der Waals surface area contributed by atoms with Gasteiger partial charge in [0, 0.05) is 24.2 Å². The number of hydrogen-bond donors (Lipinski definition) is 1. The fourth-order valence-electron chi connectivity index (χ4n) is 3.57. The molecule has 1 saturated heterocycles. The number of halogens is 2. The molecule has 1 N–H and O–H groups in total. The average Bonchev–Trinajstić information content (AvgIpc) is 3.21. The third-order valence-electron chi connectivity index (χ3n) is 6.64. The minimum atomic E-state index is -4.12. The van der Waals surface area contributed by atoms with E-state index in [1.807, 2.05) is 37.4 Å². The number of hydrogen-bond acceptors (Lipinski definition) is 7. The maximum absolute atomic E-state index is 13.8. The van der Waals surface area contributed by atoms with Gasteiger partial charge in [0.1, 0.15) is 16.6 Å². The average molecular weight is 630 g/mol. The molecular weight excluding hydrogens is 596 g/mol. The molecule has 0 unspecified atom stereocenters. The molecule has 1 fully saturated rings. The largest absolute Gasteiger partial charge is 0.541 e. The van der Waals surface area contributed by atoms with Crippen molar-refractivity contribution >= 4 is 63.3 Å². The van der Waals surface area contributed by atoms with Crippen LogP contribution in [0.5, 0.6) is 5.75 Å². The van der Waals surface area contributed by atoms with E-state index in [-0.39, 0.29) is 32.4 Å². The highest BCUT2D eigenvalue weighted by atomic mass is 79.9. The molecule has 0 saturated carbocycles. The lowest BCUT2D eigenvalue weighted by Gasteiger charge is -2.37. The zero-order chi connectivity index (χ0) is 27.4. The third-order valence-corrected chi connectivity index (χ3v) is 13.5. The predicted octanol–water partition coefficient (Wildman–Crippen LogP) is 6.93. The first-order valence-electron chi connectivity index (χ1n) is 12.0. The van der Waals surface area contributed by atoms with E-state index in [4.69, 9.17) is 20.8 Å². The number of para-hydroxylation sites is 1. The Kier molecular flexibility index (Phi) is 9.80. The molecule has 0 amide bonds. The number of hydrazine groups is 1. The van der Waals surface area contributed by atoms with Crippen LogP contribution in [0.15, 0.2) is 55.8 Å². The Labute approximate surface area is 234 Å². The SMILES string of the molecule is COC[C@H]1CCCN1NS(=O)(=O)c1c(Cl)ccc(N=C=Nc2ccccc2Br)c1O[Si](C)(C)C(C)(C)C. The van der Waals surface area contributed by atoms with Gasteiger partial charge >= 0.3 is 0 Å². The highest BCUT2D eigenvalue weighted by molar-refractivity contribution is 9.10. The van der Waals surface area contributed by atoms with E-state index in [0.29, 0.717) is 18.8 Å². The first-order chi connectivity index (χ1) is 17.3. The fourth-order valence-corrected chi connectivity index (χ4v) is 6.85. The van der Waals surface area contributed by atoms with Gasteiger partial charge in [0.05, 0.1) is 17.3 Å². The van der Waals surface area contributed by atoms with Gasteiger partial charge in [-0.3, -0.25) is 0 Å². The molecule has 37 heavy (non-hydrogen) atoms. The van der Waals surface area contributed by atoms with Crippen molar-refractivity contribution in [2.75, 3.05) is 20.3 Å². The van der Waals surface area contributed by atoms with Crippen molar-refractivity contribution in [1.82, 2.24) is 9.84 Å². The number of sulfonamides is 1. The third kappa shape index (κ3) is 7.30. The molecule has 12 heteroatoms. The van der Waals surface area contributed by atoms with E-state index in [9.17, 15) is 8.42 Å². The highest BCUT2D eigenvalue weighted by Gasteiger charge is 2.42. The standard InChI is InChI=1S/C25H34BrClN4O4SSi/c1-25(2,3)37(5,6)35-23-22(29-17-28-21-12-8-7-11-19(21)26)14-13-20(27)24(23)36(32,33)30-31-15-9-10-18(31)16-34-4/h7-8,11-14,18,30H,9-10,15-16H2,1-6H3/t18-/m1/s1. The van der Waals surface area contributed by atoms with Crippen LogP contribution in [0, 0.1) is 0 Å². The monoisotopic (exact) mass is 628 g/mol. The van der Waals surface area contributed by atoms with Crippen molar-refractivity contribution in [3.05, 3.63) is 45.9 Å². The number of benzene rings is 2. The van der Waals surface area contributed by atoms with Crippen LogP contribution >= 0.6 is 27.5 Å². The van der Waals surface area contributed by atoms with Gasteiger partial charge in [0.25, 0.3) is 18.3 Å². The Morgan fingerprint density at radius 1 is 1.19 bits per heavy atom. The molecule has 0 aromatic heterocycles. The van der Waals surface area contributed by atoms with E-state index in [2.05, 4.69) is 57.5 Å². The molecule has 1 atom stereocenters. The molecule has 202 valence electrons. The normalized spacial score (nSPS) is 16.9. The molecule has 3 rings (SSSR count). The van der Waals surface area contributed by atoms with Gasteiger partial charge in [0.2, 0.25) is 0 Å². The van der Waals surface area contributed by atoms with E-state index in [0.717, 1.165) is 17.3 Å². The van der Waals surface area contributed by atoms with Crippen molar-refractivity contribution in [3.8, 4) is 5.75 Å². The van der Waals surface area contributed by atoms with Crippen LogP contribution in [0.1, 0.15) is 33.6 Å². The van der Waals surface area contributed by atoms with Crippen molar-refractivity contribution in [2.45, 2.75) is 62.7 Å². The fraction of sp³-hybridized carbons (Fsp3) is 0.480. The number of rotatable bonds is 9. The van der Waals surface area contributed by atoms with Gasteiger partial charge in [-0.15, -0.1) is 4.83 Å². The summed E-state index contributed by atoms with van der Waals surface area (Å²) in [6.45, 7) is 11.3. The lowest BCUT2D eigenvalue weighted by molar-refractivity contribution is 0.104. The molecule has 2 aromatic rings. The van der Waals surface area contributed by atoms with Gasteiger partial charge in [-0.1, -0.05) is 44.5 Å². The van der Waals surface area contributed by atoms with Gasteiger partial charge < -0.3 is 9.16 Å². The topological polar surface area (TPSA) is 92.6 Å². The summed E-state index contributed by atoms with van der Waals surface area (Å²) in [4.78, 5) is 11.2. The molecular formula is C25H34BrClN4O4SSi. The van der Waals surface area contributed by atoms with Crippen molar-refractivity contribution in [2.24, 2.45) is 9.98 Å². The van der Waals surface area contributed by atoms with E-state index < -0.39 is 18.3 Å². The molecule has 1 heterocycles. The first-order valence-corrected chi connectivity index (χ1v) is 17.5. The second-order valence-electron chi connectivity index (χ2n) is 10.4. The molecule has 8 nitrogen and oxygen atoms in total. The molecule has 2 aromatic carbocycles. The quantitative estimate of drug-likeness (QED) is 0.240. The van der Waals surface area contributed by atoms with Crippen LogP contribution in [0.3, 0.4) is 0 Å². The van der Waals surface area contributed by atoms with Crippen LogP contribution in [0.2, 0.25) is 23.2 Å². The Morgan fingerprint density at radius 3 is 2.51 bits per heavy atom. The summed E-state index contributed by atoms with van der Waals surface area (Å²) < 4.78 is 40.2. The summed E-state index contributed by atoms with van der Waals surface area (Å²) in [7, 11) is -5.02. The van der Waals surface area contributed by atoms with Crippen LogP contribution in [-0.2, 0) is 14.8 Å². The summed E-state index contributed by atoms with van der Waals surface area (Å²) in [6, 6.07) is 13.2. The van der Waals surface area contributed by atoms with Gasteiger partial charge in [0.15, 0.2) is 5.75 Å². The molecule has 1 aliphatic heterocycles. The van der Waals surface area contributed by atoms with Gasteiger partial charge in [-0.25, -0.2) is 13.4 Å². The zero-order valence-corrected chi connectivity index (χ0v) is 26.2. The lowest BCUT2D eigenvalue weighted by atomic mass is 10.2. The van der Waals surface area contributed by atoms with Crippen molar-refractivity contribution in [3.63, 3.8) is 0 Å². The minimum absolute atomic E-state index is 0.0467. The molecule has 0 radical (unpaired) electrons. The van der Waals surface area contributed by atoms with Crippen LogP contribution in [0.4, 0.5) is 11.4 Å².